The fraction of sp³-hybridized carbons (Fsp3) is 0.267. The van der Waals surface area contributed by atoms with Gasteiger partial charge in [-0.15, -0.1) is 0 Å². The zero-order valence-corrected chi connectivity index (χ0v) is 12.7. The molecule has 1 atom stereocenters. The number of phenolic OH excluding ortho intramolecular Hbond substituents is 1. The average Bonchev–Trinajstić information content (AvgIpc) is 2.46. The lowest BCUT2D eigenvalue weighted by atomic mass is 9.87. The van der Waals surface area contributed by atoms with Gasteiger partial charge in [0.15, 0.2) is 5.16 Å². The van der Waals surface area contributed by atoms with Gasteiger partial charge in [0.25, 0.3) is 5.56 Å². The predicted octanol–water partition coefficient (Wildman–Crippen LogP) is 2.06. The second kappa shape index (κ2) is 5.84. The van der Waals surface area contributed by atoms with Crippen molar-refractivity contribution in [3.63, 3.8) is 0 Å². The molecule has 0 spiro atoms. The summed E-state index contributed by atoms with van der Waals surface area (Å²) in [6.07, 6.45) is 0.154. The first kappa shape index (κ1) is 14.6. The summed E-state index contributed by atoms with van der Waals surface area (Å²) in [5, 5.41) is 12.8. The minimum Gasteiger partial charge on any atom is -0.508 e. The lowest BCUT2D eigenvalue weighted by Crippen LogP contribution is -2.31. The highest BCUT2D eigenvalue weighted by Gasteiger charge is 2.31. The molecule has 0 bridgehead atoms. The van der Waals surface area contributed by atoms with Crippen molar-refractivity contribution in [3.05, 3.63) is 45.7 Å². The van der Waals surface area contributed by atoms with Gasteiger partial charge in [-0.05, 0) is 23.4 Å². The predicted molar refractivity (Wildman–Crippen MR) is 84.5 cm³/mol. The molecule has 0 radical (unpaired) electrons. The van der Waals surface area contributed by atoms with Gasteiger partial charge in [0.2, 0.25) is 5.91 Å². The summed E-state index contributed by atoms with van der Waals surface area (Å²) in [6.45, 7) is 1.96. The van der Waals surface area contributed by atoms with Crippen molar-refractivity contribution in [1.29, 1.82) is 0 Å². The van der Waals surface area contributed by atoms with E-state index in [2.05, 4.69) is 15.3 Å². The van der Waals surface area contributed by atoms with Crippen LogP contribution >= 0.6 is 11.8 Å². The lowest BCUT2D eigenvalue weighted by Gasteiger charge is -2.24. The first-order valence-corrected chi connectivity index (χ1v) is 7.93. The molecule has 7 heteroatoms. The van der Waals surface area contributed by atoms with Gasteiger partial charge in [-0.3, -0.25) is 9.59 Å². The minimum atomic E-state index is -0.409. The molecule has 0 fully saturated rings. The molecule has 1 aromatic heterocycles. The highest BCUT2D eigenvalue weighted by molar-refractivity contribution is 7.99. The fourth-order valence-electron chi connectivity index (χ4n) is 2.58. The molecule has 2 aromatic rings. The number of aromatic hydroxyl groups is 1. The average molecular weight is 317 g/mol. The quantitative estimate of drug-likeness (QED) is 0.595. The monoisotopic (exact) mass is 317 g/mol. The van der Waals surface area contributed by atoms with E-state index in [0.717, 1.165) is 11.3 Å². The molecule has 2 heterocycles. The molecule has 22 heavy (non-hydrogen) atoms. The third-order valence-electron chi connectivity index (χ3n) is 3.48. The first-order chi connectivity index (χ1) is 10.6. The zero-order chi connectivity index (χ0) is 15.7. The van der Waals surface area contributed by atoms with Crippen LogP contribution < -0.4 is 10.9 Å². The van der Waals surface area contributed by atoms with Gasteiger partial charge in [0, 0.05) is 12.3 Å². The number of fused-ring (bicyclic) bond motifs is 1. The molecule has 114 valence electrons. The van der Waals surface area contributed by atoms with E-state index in [1.54, 1.807) is 24.3 Å². The molecular weight excluding hydrogens is 302 g/mol. The van der Waals surface area contributed by atoms with Crippen LogP contribution in [0.2, 0.25) is 0 Å². The number of anilines is 1. The smallest absolute Gasteiger partial charge is 0.257 e. The maximum Gasteiger partial charge on any atom is 0.257 e. The normalized spacial score (nSPS) is 17.0. The molecule has 0 saturated heterocycles. The van der Waals surface area contributed by atoms with Crippen molar-refractivity contribution >= 4 is 23.5 Å². The molecule has 0 saturated carbocycles. The zero-order valence-electron chi connectivity index (χ0n) is 11.9. The van der Waals surface area contributed by atoms with Gasteiger partial charge in [-0.25, -0.2) is 4.98 Å². The SMILES string of the molecule is CCSc1nc2c(c(=O)[nH]1)[C@H](c1cccc(O)c1)CC(=O)N2. The molecule has 1 amide bonds. The number of phenols is 1. The maximum atomic E-state index is 12.4. The highest BCUT2D eigenvalue weighted by atomic mass is 32.2. The standard InChI is InChI=1S/C15H15N3O3S/c1-2-22-15-17-13-12(14(21)18-15)10(7-11(20)16-13)8-4-3-5-9(19)6-8/h3-6,10,19H,2,7H2,1H3,(H2,16,17,18,20,21)/t10-/m0/s1. The van der Waals surface area contributed by atoms with Crippen LogP contribution in [0.15, 0.2) is 34.2 Å². The molecule has 3 N–H and O–H groups in total. The van der Waals surface area contributed by atoms with Crippen LogP contribution in [0.5, 0.6) is 5.75 Å². The fourth-order valence-corrected chi connectivity index (χ4v) is 3.18. The third kappa shape index (κ3) is 2.71. The van der Waals surface area contributed by atoms with E-state index in [4.69, 9.17) is 0 Å². The number of amides is 1. The van der Waals surface area contributed by atoms with Gasteiger partial charge in [-0.1, -0.05) is 30.8 Å². The Hall–Kier alpha value is -2.28. The second-order valence-corrected chi connectivity index (χ2v) is 6.22. The van der Waals surface area contributed by atoms with E-state index in [9.17, 15) is 14.7 Å². The lowest BCUT2D eigenvalue weighted by molar-refractivity contribution is -0.116. The van der Waals surface area contributed by atoms with E-state index in [1.807, 2.05) is 6.92 Å². The Morgan fingerprint density at radius 3 is 2.95 bits per heavy atom. The van der Waals surface area contributed by atoms with E-state index < -0.39 is 5.92 Å². The van der Waals surface area contributed by atoms with Crippen LogP contribution in [0.4, 0.5) is 5.82 Å². The number of aromatic amines is 1. The summed E-state index contributed by atoms with van der Waals surface area (Å²) in [5.74, 6) is 0.585. The number of rotatable bonds is 3. The van der Waals surface area contributed by atoms with Crippen molar-refractivity contribution in [2.45, 2.75) is 24.4 Å². The number of hydrogen-bond donors (Lipinski definition) is 3. The van der Waals surface area contributed by atoms with E-state index in [1.165, 1.54) is 11.8 Å². The Morgan fingerprint density at radius 1 is 1.41 bits per heavy atom. The van der Waals surface area contributed by atoms with Crippen molar-refractivity contribution in [2.75, 3.05) is 11.1 Å². The number of H-pyrrole nitrogens is 1. The molecule has 0 unspecified atom stereocenters. The van der Waals surface area contributed by atoms with Gasteiger partial charge in [0.05, 0.1) is 5.56 Å². The molecule has 1 aliphatic rings. The molecular formula is C15H15N3O3S. The van der Waals surface area contributed by atoms with Crippen molar-refractivity contribution in [2.24, 2.45) is 0 Å². The van der Waals surface area contributed by atoms with Crippen LogP contribution in [0.1, 0.15) is 30.4 Å². The minimum absolute atomic E-state index is 0.104. The van der Waals surface area contributed by atoms with Crippen LogP contribution in [-0.4, -0.2) is 26.7 Å². The summed E-state index contributed by atoms with van der Waals surface area (Å²) >= 11 is 1.41. The number of nitrogens with zero attached hydrogens (tertiary/aromatic N) is 1. The molecule has 0 aliphatic carbocycles. The van der Waals surface area contributed by atoms with Gasteiger partial charge >= 0.3 is 0 Å². The molecule has 3 rings (SSSR count). The summed E-state index contributed by atoms with van der Waals surface area (Å²) in [7, 11) is 0. The van der Waals surface area contributed by atoms with E-state index in [0.29, 0.717) is 16.5 Å². The van der Waals surface area contributed by atoms with E-state index >= 15 is 0 Å². The molecule has 1 aromatic carbocycles. The number of hydrogen-bond acceptors (Lipinski definition) is 5. The number of aromatic nitrogens is 2. The Labute approximate surface area is 131 Å². The number of carbonyl (C=O) groups is 1. The maximum absolute atomic E-state index is 12.4. The van der Waals surface area contributed by atoms with Gasteiger partial charge < -0.3 is 15.4 Å². The number of carbonyl (C=O) groups excluding carboxylic acids is 1. The summed E-state index contributed by atoms with van der Waals surface area (Å²) in [4.78, 5) is 31.4. The number of nitrogens with one attached hydrogen (secondary N) is 2. The van der Waals surface area contributed by atoms with Crippen LogP contribution in [0, 0.1) is 0 Å². The van der Waals surface area contributed by atoms with Crippen molar-refractivity contribution in [3.8, 4) is 5.75 Å². The molecule has 6 nitrogen and oxygen atoms in total. The third-order valence-corrected chi connectivity index (χ3v) is 4.24. The van der Waals surface area contributed by atoms with Crippen LogP contribution in [0.25, 0.3) is 0 Å². The Bertz CT molecular complexity index is 788. The Balaban J connectivity index is 2.13. The molecule has 1 aliphatic heterocycles. The van der Waals surface area contributed by atoms with Crippen LogP contribution in [0.3, 0.4) is 0 Å². The van der Waals surface area contributed by atoms with Crippen LogP contribution in [-0.2, 0) is 4.79 Å². The Morgan fingerprint density at radius 2 is 2.23 bits per heavy atom. The van der Waals surface area contributed by atoms with E-state index in [-0.39, 0.29) is 23.6 Å². The first-order valence-electron chi connectivity index (χ1n) is 6.94. The van der Waals surface area contributed by atoms with Gasteiger partial charge in [0.1, 0.15) is 11.6 Å². The highest BCUT2D eigenvalue weighted by Crippen LogP contribution is 2.35. The largest absolute Gasteiger partial charge is 0.508 e. The number of benzene rings is 1. The Kier molecular flexibility index (Phi) is 3.89. The van der Waals surface area contributed by atoms with Crippen molar-refractivity contribution in [1.82, 2.24) is 9.97 Å². The summed E-state index contributed by atoms with van der Waals surface area (Å²) in [5.41, 5.74) is 0.902. The topological polar surface area (TPSA) is 95.1 Å². The summed E-state index contributed by atoms with van der Waals surface area (Å²) < 4.78 is 0. The van der Waals surface area contributed by atoms with Gasteiger partial charge in [-0.2, -0.15) is 0 Å². The van der Waals surface area contributed by atoms with Crippen molar-refractivity contribution < 1.29 is 9.90 Å². The number of thioether (sulfide) groups is 1. The summed E-state index contributed by atoms with van der Waals surface area (Å²) in [6, 6.07) is 6.61. The second-order valence-electron chi connectivity index (χ2n) is 4.97.